The van der Waals surface area contributed by atoms with Crippen LogP contribution in [0.2, 0.25) is 0 Å². The normalized spacial score (nSPS) is 23.9. The van der Waals surface area contributed by atoms with Crippen LogP contribution in [0.25, 0.3) is 0 Å². The van der Waals surface area contributed by atoms with Gasteiger partial charge in [0.25, 0.3) is 0 Å². The Morgan fingerprint density at radius 1 is 1.38 bits per heavy atom. The predicted molar refractivity (Wildman–Crippen MR) is 84.3 cm³/mol. The highest BCUT2D eigenvalue weighted by molar-refractivity contribution is 5.67. The first-order valence-corrected chi connectivity index (χ1v) is 8.20. The largest absolute Gasteiger partial charge is 0.444 e. The topological polar surface area (TPSA) is 70.6 Å². The van der Waals surface area contributed by atoms with Crippen LogP contribution >= 0.6 is 0 Å². The molecule has 1 fully saturated rings. The second-order valence-corrected chi connectivity index (χ2v) is 7.03. The van der Waals surface area contributed by atoms with Crippen molar-refractivity contribution in [1.82, 2.24) is 10.6 Å². The molecule has 3 atom stereocenters. The van der Waals surface area contributed by atoms with Crippen molar-refractivity contribution in [1.29, 1.82) is 0 Å². The van der Waals surface area contributed by atoms with E-state index in [1.165, 1.54) is 6.42 Å². The fraction of sp³-hybridized carbons (Fsp3) is 0.938. The van der Waals surface area contributed by atoms with E-state index in [0.717, 1.165) is 25.7 Å². The second kappa shape index (κ2) is 8.59. The Balaban J connectivity index is 2.28. The minimum absolute atomic E-state index is 0.268. The summed E-state index contributed by atoms with van der Waals surface area (Å²) in [5.74, 6) is 0.423. The van der Waals surface area contributed by atoms with E-state index < -0.39 is 5.60 Å². The molecule has 0 saturated heterocycles. The zero-order valence-electron chi connectivity index (χ0n) is 13.9. The molecule has 0 heterocycles. The first-order valence-electron chi connectivity index (χ1n) is 8.20. The summed E-state index contributed by atoms with van der Waals surface area (Å²) in [7, 11) is 0. The van der Waals surface area contributed by atoms with Gasteiger partial charge in [-0.2, -0.15) is 0 Å². The summed E-state index contributed by atoms with van der Waals surface area (Å²) >= 11 is 0. The van der Waals surface area contributed by atoms with Crippen molar-refractivity contribution in [3.63, 3.8) is 0 Å². The van der Waals surface area contributed by atoms with Crippen LogP contribution in [-0.2, 0) is 4.74 Å². The Morgan fingerprint density at radius 2 is 2.10 bits per heavy atom. The van der Waals surface area contributed by atoms with Gasteiger partial charge >= 0.3 is 6.09 Å². The number of hydrogen-bond donors (Lipinski definition) is 3. The lowest BCUT2D eigenvalue weighted by Crippen LogP contribution is -2.43. The van der Waals surface area contributed by atoms with Gasteiger partial charge in [0.05, 0.1) is 6.10 Å². The average Bonchev–Trinajstić information content (AvgIpc) is 2.79. The number of rotatable bonds is 7. The van der Waals surface area contributed by atoms with Crippen molar-refractivity contribution < 1.29 is 14.6 Å². The maximum atomic E-state index is 11.7. The number of aliphatic hydroxyl groups excluding tert-OH is 1. The smallest absolute Gasteiger partial charge is 0.407 e. The molecule has 0 aliphatic heterocycles. The van der Waals surface area contributed by atoms with E-state index in [0.29, 0.717) is 25.0 Å². The number of carbonyl (C=O) groups excluding carboxylic acids is 1. The first-order chi connectivity index (χ1) is 9.81. The molecule has 0 radical (unpaired) electrons. The predicted octanol–water partition coefficient (Wildman–Crippen LogP) is 2.43. The van der Waals surface area contributed by atoms with Gasteiger partial charge in [0.15, 0.2) is 0 Å². The Labute approximate surface area is 128 Å². The van der Waals surface area contributed by atoms with Crippen LogP contribution in [0.1, 0.15) is 59.8 Å². The van der Waals surface area contributed by atoms with Gasteiger partial charge in [-0.3, -0.25) is 0 Å². The summed E-state index contributed by atoms with van der Waals surface area (Å²) in [6, 6.07) is 0.381. The molecule has 3 unspecified atom stereocenters. The lowest BCUT2D eigenvalue weighted by atomic mass is 10.0. The van der Waals surface area contributed by atoms with Gasteiger partial charge in [-0.25, -0.2) is 4.79 Å². The van der Waals surface area contributed by atoms with Gasteiger partial charge in [-0.1, -0.05) is 19.8 Å². The quantitative estimate of drug-likeness (QED) is 0.675. The van der Waals surface area contributed by atoms with Crippen LogP contribution in [-0.4, -0.2) is 42.0 Å². The van der Waals surface area contributed by atoms with E-state index in [-0.39, 0.29) is 12.2 Å². The molecule has 1 aliphatic carbocycles. The molecule has 0 aromatic carbocycles. The van der Waals surface area contributed by atoms with E-state index >= 15 is 0 Å². The van der Waals surface area contributed by atoms with Crippen molar-refractivity contribution >= 4 is 6.09 Å². The summed E-state index contributed by atoms with van der Waals surface area (Å²) in [6.07, 6.45) is 4.60. The molecule has 5 nitrogen and oxygen atoms in total. The van der Waals surface area contributed by atoms with E-state index in [1.807, 2.05) is 20.8 Å². The molecule has 0 aromatic rings. The molecule has 0 spiro atoms. The number of carbonyl (C=O) groups is 1. The first kappa shape index (κ1) is 18.2. The molecule has 1 amide bonds. The minimum atomic E-state index is -0.457. The molecule has 1 rings (SSSR count). The Bertz CT molecular complexity index is 315. The van der Waals surface area contributed by atoms with Gasteiger partial charge < -0.3 is 20.5 Å². The van der Waals surface area contributed by atoms with E-state index in [4.69, 9.17) is 4.74 Å². The van der Waals surface area contributed by atoms with Gasteiger partial charge in [0.2, 0.25) is 0 Å². The Kier molecular flexibility index (Phi) is 7.46. The van der Waals surface area contributed by atoms with Crippen LogP contribution in [0.4, 0.5) is 4.79 Å². The van der Waals surface area contributed by atoms with Crippen molar-refractivity contribution in [2.75, 3.05) is 13.1 Å². The number of nitrogens with one attached hydrogen (secondary N) is 2. The van der Waals surface area contributed by atoms with Crippen LogP contribution in [0.15, 0.2) is 0 Å². The monoisotopic (exact) mass is 300 g/mol. The molecule has 0 aromatic heterocycles. The zero-order chi connectivity index (χ0) is 15.9. The van der Waals surface area contributed by atoms with Crippen LogP contribution in [0.5, 0.6) is 0 Å². The lowest BCUT2D eigenvalue weighted by Gasteiger charge is -2.24. The minimum Gasteiger partial charge on any atom is -0.444 e. The standard InChI is InChI=1S/C16H32N2O3/c1-5-7-13(19)11-17-14-9-6-8-12(14)10-18-15(20)21-16(2,3)4/h12-14,17,19H,5-11H2,1-4H3,(H,18,20). The highest BCUT2D eigenvalue weighted by Crippen LogP contribution is 2.25. The highest BCUT2D eigenvalue weighted by Gasteiger charge is 2.28. The molecule has 124 valence electrons. The molecule has 21 heavy (non-hydrogen) atoms. The molecular formula is C16H32N2O3. The van der Waals surface area contributed by atoms with Crippen molar-refractivity contribution in [2.24, 2.45) is 5.92 Å². The maximum Gasteiger partial charge on any atom is 0.407 e. The molecule has 1 saturated carbocycles. The fourth-order valence-corrected chi connectivity index (χ4v) is 2.80. The Hall–Kier alpha value is -0.810. The third kappa shape index (κ3) is 7.67. The summed E-state index contributed by atoms with van der Waals surface area (Å²) in [4.78, 5) is 11.7. The fourth-order valence-electron chi connectivity index (χ4n) is 2.80. The summed E-state index contributed by atoms with van der Waals surface area (Å²) in [5.41, 5.74) is -0.457. The van der Waals surface area contributed by atoms with Gasteiger partial charge in [-0.05, 0) is 46.0 Å². The lowest BCUT2D eigenvalue weighted by molar-refractivity contribution is 0.0516. The van der Waals surface area contributed by atoms with E-state index in [2.05, 4.69) is 17.6 Å². The molecule has 5 heteroatoms. The highest BCUT2D eigenvalue weighted by atomic mass is 16.6. The van der Waals surface area contributed by atoms with Crippen molar-refractivity contribution in [3.8, 4) is 0 Å². The van der Waals surface area contributed by atoms with Crippen molar-refractivity contribution in [3.05, 3.63) is 0 Å². The summed E-state index contributed by atoms with van der Waals surface area (Å²) in [5, 5.41) is 16.1. The van der Waals surface area contributed by atoms with Crippen molar-refractivity contribution in [2.45, 2.75) is 77.5 Å². The SMILES string of the molecule is CCCC(O)CNC1CCCC1CNC(=O)OC(C)(C)C. The average molecular weight is 300 g/mol. The zero-order valence-corrected chi connectivity index (χ0v) is 13.9. The van der Waals surface area contributed by atoms with Gasteiger partial charge in [0, 0.05) is 19.1 Å². The van der Waals surface area contributed by atoms with Crippen LogP contribution < -0.4 is 10.6 Å². The van der Waals surface area contributed by atoms with E-state index in [1.54, 1.807) is 0 Å². The Morgan fingerprint density at radius 3 is 2.71 bits per heavy atom. The van der Waals surface area contributed by atoms with Crippen LogP contribution in [0.3, 0.4) is 0 Å². The van der Waals surface area contributed by atoms with E-state index in [9.17, 15) is 9.90 Å². The summed E-state index contributed by atoms with van der Waals surface area (Å²) in [6.45, 7) is 8.94. The number of hydrogen-bond acceptors (Lipinski definition) is 4. The van der Waals surface area contributed by atoms with Crippen LogP contribution in [0, 0.1) is 5.92 Å². The maximum absolute atomic E-state index is 11.7. The van der Waals surface area contributed by atoms with Gasteiger partial charge in [0.1, 0.15) is 5.60 Å². The molecule has 0 bridgehead atoms. The third-order valence-corrected chi connectivity index (χ3v) is 3.80. The number of amides is 1. The summed E-state index contributed by atoms with van der Waals surface area (Å²) < 4.78 is 5.25. The third-order valence-electron chi connectivity index (χ3n) is 3.80. The van der Waals surface area contributed by atoms with Gasteiger partial charge in [-0.15, -0.1) is 0 Å². The number of alkyl carbamates (subject to hydrolysis) is 1. The number of ether oxygens (including phenoxy) is 1. The molecule has 1 aliphatic rings. The molecular weight excluding hydrogens is 268 g/mol. The second-order valence-electron chi connectivity index (χ2n) is 7.03. The number of aliphatic hydroxyl groups is 1. The molecule has 3 N–H and O–H groups in total.